The Labute approximate surface area is 184 Å². The Morgan fingerprint density at radius 1 is 1.19 bits per heavy atom. The van der Waals surface area contributed by atoms with E-state index in [0.717, 1.165) is 30.6 Å². The smallest absolute Gasteiger partial charge is 0.262 e. The molecule has 0 aliphatic carbocycles. The number of carbonyl (C=O) groups is 1. The summed E-state index contributed by atoms with van der Waals surface area (Å²) in [6.45, 7) is 10.7. The monoisotopic (exact) mass is 445 g/mol. The van der Waals surface area contributed by atoms with Crippen molar-refractivity contribution < 1.29 is 13.2 Å². The quantitative estimate of drug-likeness (QED) is 0.605. The number of carbonyl (C=O) groups excluding carboxylic acids is 1. The Bertz CT molecular complexity index is 1050. The molecule has 1 aromatic heterocycles. The van der Waals surface area contributed by atoms with Crippen LogP contribution < -0.4 is 20.3 Å². The fourth-order valence-corrected chi connectivity index (χ4v) is 4.42. The Balaban J connectivity index is 1.98. The minimum absolute atomic E-state index is 0.0102. The fraction of sp³-hybridized carbons (Fsp3) is 0.455. The third-order valence-electron chi connectivity index (χ3n) is 5.57. The summed E-state index contributed by atoms with van der Waals surface area (Å²) in [5.41, 5.74) is 2.53. The molecule has 0 spiro atoms. The van der Waals surface area contributed by atoms with Gasteiger partial charge in [0.25, 0.3) is 15.9 Å². The van der Waals surface area contributed by atoms with Crippen LogP contribution in [0.4, 0.5) is 11.5 Å². The van der Waals surface area contributed by atoms with Crippen molar-refractivity contribution >= 4 is 27.4 Å². The first-order valence-electron chi connectivity index (χ1n) is 10.6. The number of anilines is 2. The first-order chi connectivity index (χ1) is 14.7. The van der Waals surface area contributed by atoms with E-state index in [4.69, 9.17) is 0 Å². The Kier molecular flexibility index (Phi) is 7.17. The van der Waals surface area contributed by atoms with Crippen molar-refractivity contribution in [3.8, 4) is 0 Å². The van der Waals surface area contributed by atoms with Crippen LogP contribution in [0, 0.1) is 13.8 Å². The minimum Gasteiger partial charge on any atom is -0.352 e. The Morgan fingerprint density at radius 2 is 1.90 bits per heavy atom. The highest BCUT2D eigenvalue weighted by Crippen LogP contribution is 2.28. The highest BCUT2D eigenvalue weighted by Gasteiger charge is 2.23. The second kappa shape index (κ2) is 9.65. The van der Waals surface area contributed by atoms with E-state index >= 15 is 0 Å². The van der Waals surface area contributed by atoms with Crippen LogP contribution in [0.1, 0.15) is 41.8 Å². The predicted octanol–water partition coefficient (Wildman–Crippen LogP) is 2.44. The standard InChI is InChI=1S/C22H31N5O3S/c1-5-17(4)25-22(28)18-13-20(21(24-14-18)27-10-8-23-9-11-27)26-31(29,30)19-7-6-15(2)16(3)12-19/h6-7,12-14,17,23,26H,5,8-11H2,1-4H3,(H,25,28). The van der Waals surface area contributed by atoms with Crippen molar-refractivity contribution in [2.75, 3.05) is 35.8 Å². The average Bonchev–Trinajstić information content (AvgIpc) is 2.75. The lowest BCUT2D eigenvalue weighted by molar-refractivity contribution is 0.0939. The summed E-state index contributed by atoms with van der Waals surface area (Å²) in [6.07, 6.45) is 2.30. The lowest BCUT2D eigenvalue weighted by Gasteiger charge is -2.30. The summed E-state index contributed by atoms with van der Waals surface area (Å²) in [5.74, 6) is 0.245. The van der Waals surface area contributed by atoms with Crippen molar-refractivity contribution in [1.82, 2.24) is 15.6 Å². The van der Waals surface area contributed by atoms with E-state index < -0.39 is 10.0 Å². The number of aromatic nitrogens is 1. The Hall–Kier alpha value is -2.65. The molecular formula is C22H31N5O3S. The largest absolute Gasteiger partial charge is 0.352 e. The van der Waals surface area contributed by atoms with Crippen LogP contribution in [0.15, 0.2) is 35.4 Å². The molecule has 0 radical (unpaired) electrons. The zero-order valence-corrected chi connectivity index (χ0v) is 19.3. The van der Waals surface area contributed by atoms with Crippen molar-refractivity contribution in [1.29, 1.82) is 0 Å². The number of benzene rings is 1. The molecule has 1 aromatic carbocycles. The molecule has 3 N–H and O–H groups in total. The van der Waals surface area contributed by atoms with E-state index in [1.807, 2.05) is 32.6 Å². The number of nitrogens with zero attached hydrogens (tertiary/aromatic N) is 2. The summed E-state index contributed by atoms with van der Waals surface area (Å²) >= 11 is 0. The molecule has 0 bridgehead atoms. The number of amides is 1. The number of nitrogens with one attached hydrogen (secondary N) is 3. The molecule has 3 rings (SSSR count). The van der Waals surface area contributed by atoms with Gasteiger partial charge in [0.05, 0.1) is 16.1 Å². The van der Waals surface area contributed by atoms with Gasteiger partial charge in [0.15, 0.2) is 5.82 Å². The fourth-order valence-electron chi connectivity index (χ4n) is 3.28. The first-order valence-corrected chi connectivity index (χ1v) is 12.1. The van der Waals surface area contributed by atoms with E-state index in [1.165, 1.54) is 6.20 Å². The molecule has 2 heterocycles. The maximum absolute atomic E-state index is 13.1. The van der Waals surface area contributed by atoms with E-state index in [2.05, 4.69) is 20.3 Å². The van der Waals surface area contributed by atoms with Crippen LogP contribution in [-0.2, 0) is 10.0 Å². The Morgan fingerprint density at radius 3 is 2.55 bits per heavy atom. The first kappa shape index (κ1) is 23.0. The molecule has 1 saturated heterocycles. The molecule has 1 fully saturated rings. The van der Waals surface area contributed by atoms with Gasteiger partial charge in [0.2, 0.25) is 0 Å². The van der Waals surface area contributed by atoms with Crippen molar-refractivity contribution in [3.63, 3.8) is 0 Å². The van der Waals surface area contributed by atoms with Crippen LogP contribution >= 0.6 is 0 Å². The number of sulfonamides is 1. The molecule has 0 saturated carbocycles. The van der Waals surface area contributed by atoms with Gasteiger partial charge >= 0.3 is 0 Å². The van der Waals surface area contributed by atoms with Crippen LogP contribution in [0.2, 0.25) is 0 Å². The zero-order chi connectivity index (χ0) is 22.6. The second-order valence-electron chi connectivity index (χ2n) is 7.97. The summed E-state index contributed by atoms with van der Waals surface area (Å²) in [7, 11) is -3.85. The molecule has 1 aliphatic rings. The van der Waals surface area contributed by atoms with E-state index in [-0.39, 0.29) is 16.8 Å². The van der Waals surface area contributed by atoms with E-state index in [0.29, 0.717) is 30.2 Å². The van der Waals surface area contributed by atoms with Crippen LogP contribution in [0.25, 0.3) is 0 Å². The molecule has 1 amide bonds. The SMILES string of the molecule is CCC(C)NC(=O)c1cnc(N2CCNCC2)c(NS(=O)(=O)c2ccc(C)c(C)c2)c1. The molecular weight excluding hydrogens is 414 g/mol. The van der Waals surface area contributed by atoms with Crippen LogP contribution in [0.5, 0.6) is 0 Å². The number of rotatable bonds is 7. The summed E-state index contributed by atoms with van der Waals surface area (Å²) in [6, 6.07) is 6.60. The number of piperazine rings is 1. The lowest BCUT2D eigenvalue weighted by atomic mass is 10.1. The van der Waals surface area contributed by atoms with Gasteiger partial charge in [-0.3, -0.25) is 9.52 Å². The van der Waals surface area contributed by atoms with Gasteiger partial charge in [-0.2, -0.15) is 0 Å². The maximum Gasteiger partial charge on any atom is 0.262 e. The van der Waals surface area contributed by atoms with Gasteiger partial charge in [-0.05, 0) is 56.5 Å². The van der Waals surface area contributed by atoms with Gasteiger partial charge in [-0.25, -0.2) is 13.4 Å². The highest BCUT2D eigenvalue weighted by molar-refractivity contribution is 7.92. The third-order valence-corrected chi connectivity index (χ3v) is 6.93. The van der Waals surface area contributed by atoms with Gasteiger partial charge < -0.3 is 15.5 Å². The topological polar surface area (TPSA) is 103 Å². The van der Waals surface area contributed by atoms with Crippen molar-refractivity contribution in [3.05, 3.63) is 47.2 Å². The van der Waals surface area contributed by atoms with Crippen LogP contribution in [-0.4, -0.2) is 51.5 Å². The molecule has 31 heavy (non-hydrogen) atoms. The molecule has 1 unspecified atom stereocenters. The number of aryl methyl sites for hydroxylation is 2. The second-order valence-corrected chi connectivity index (χ2v) is 9.65. The molecule has 168 valence electrons. The van der Waals surface area contributed by atoms with Gasteiger partial charge in [0, 0.05) is 38.4 Å². The molecule has 9 heteroatoms. The third kappa shape index (κ3) is 5.54. The number of pyridine rings is 1. The zero-order valence-electron chi connectivity index (χ0n) is 18.5. The maximum atomic E-state index is 13.1. The molecule has 1 atom stereocenters. The van der Waals surface area contributed by atoms with Crippen LogP contribution in [0.3, 0.4) is 0 Å². The molecule has 2 aromatic rings. The number of hydrogen-bond acceptors (Lipinski definition) is 6. The van der Waals surface area contributed by atoms with Gasteiger partial charge in [0.1, 0.15) is 0 Å². The van der Waals surface area contributed by atoms with Crippen molar-refractivity contribution in [2.45, 2.75) is 45.1 Å². The normalized spacial score (nSPS) is 15.4. The summed E-state index contributed by atoms with van der Waals surface area (Å²) in [5, 5.41) is 6.18. The minimum atomic E-state index is -3.85. The highest BCUT2D eigenvalue weighted by atomic mass is 32.2. The predicted molar refractivity (Wildman–Crippen MR) is 123 cm³/mol. The van der Waals surface area contributed by atoms with E-state index in [9.17, 15) is 13.2 Å². The van der Waals surface area contributed by atoms with E-state index in [1.54, 1.807) is 24.3 Å². The lowest BCUT2D eigenvalue weighted by Crippen LogP contribution is -2.44. The average molecular weight is 446 g/mol. The van der Waals surface area contributed by atoms with Gasteiger partial charge in [-0.1, -0.05) is 13.0 Å². The molecule has 1 aliphatic heterocycles. The summed E-state index contributed by atoms with van der Waals surface area (Å²) in [4.78, 5) is 19.3. The summed E-state index contributed by atoms with van der Waals surface area (Å²) < 4.78 is 28.9. The molecule has 8 nitrogen and oxygen atoms in total. The number of hydrogen-bond donors (Lipinski definition) is 3. The van der Waals surface area contributed by atoms with Crippen molar-refractivity contribution in [2.24, 2.45) is 0 Å². The van der Waals surface area contributed by atoms with Gasteiger partial charge in [-0.15, -0.1) is 0 Å².